The van der Waals surface area contributed by atoms with Gasteiger partial charge in [0.15, 0.2) is 23.3 Å². The van der Waals surface area contributed by atoms with E-state index in [2.05, 4.69) is 0 Å². The van der Waals surface area contributed by atoms with Crippen LogP contribution in [0.25, 0.3) is 0 Å². The highest BCUT2D eigenvalue weighted by Gasteiger charge is 2.19. The van der Waals surface area contributed by atoms with Gasteiger partial charge in [-0.1, -0.05) is 6.07 Å². The minimum Gasteiger partial charge on any atom is -0.384 e. The second kappa shape index (κ2) is 4.97. The molecule has 1 N–H and O–H groups in total. The molecule has 1 atom stereocenters. The maximum atomic E-state index is 13.4. The predicted octanol–water partition coefficient (Wildman–Crippen LogP) is 3.46. The van der Waals surface area contributed by atoms with Crippen molar-refractivity contribution in [3.8, 4) is 0 Å². The van der Waals surface area contributed by atoms with Gasteiger partial charge in [0.05, 0.1) is 0 Å². The van der Waals surface area contributed by atoms with Crippen molar-refractivity contribution in [3.63, 3.8) is 0 Å². The van der Waals surface area contributed by atoms with E-state index in [4.69, 9.17) is 0 Å². The summed E-state index contributed by atoms with van der Waals surface area (Å²) in [6.45, 7) is 0. The molecular formula is C13H7F5O. The average molecular weight is 274 g/mol. The van der Waals surface area contributed by atoms with Gasteiger partial charge < -0.3 is 5.11 Å². The SMILES string of the molecule is OC(c1ccc(F)c(F)c1)c1cc(F)c(F)cc1F. The molecule has 0 fully saturated rings. The summed E-state index contributed by atoms with van der Waals surface area (Å²) in [6, 6.07) is 3.15. The Balaban J connectivity index is 2.46. The molecule has 0 radical (unpaired) electrons. The van der Waals surface area contributed by atoms with Crippen LogP contribution in [0.2, 0.25) is 0 Å². The van der Waals surface area contributed by atoms with E-state index < -0.39 is 40.8 Å². The van der Waals surface area contributed by atoms with Crippen LogP contribution >= 0.6 is 0 Å². The van der Waals surface area contributed by atoms with Crippen molar-refractivity contribution < 1.29 is 27.1 Å². The van der Waals surface area contributed by atoms with Gasteiger partial charge in [0.2, 0.25) is 0 Å². The molecule has 0 aliphatic rings. The monoisotopic (exact) mass is 274 g/mol. The molecule has 1 unspecified atom stereocenters. The molecule has 1 nitrogen and oxygen atoms in total. The summed E-state index contributed by atoms with van der Waals surface area (Å²) in [6.07, 6.45) is -1.73. The van der Waals surface area contributed by atoms with Crippen LogP contribution in [0.5, 0.6) is 0 Å². The molecule has 0 bridgehead atoms. The first-order chi connectivity index (χ1) is 8.90. The maximum absolute atomic E-state index is 13.4. The highest BCUT2D eigenvalue weighted by atomic mass is 19.2. The number of benzene rings is 2. The normalized spacial score (nSPS) is 12.5. The van der Waals surface area contributed by atoms with Crippen LogP contribution < -0.4 is 0 Å². The lowest BCUT2D eigenvalue weighted by atomic mass is 10.0. The Hall–Kier alpha value is -1.95. The number of aliphatic hydroxyl groups excluding tert-OH is 1. The Morgan fingerprint density at radius 1 is 0.684 bits per heavy atom. The zero-order valence-corrected chi connectivity index (χ0v) is 9.30. The first-order valence-electron chi connectivity index (χ1n) is 5.17. The van der Waals surface area contributed by atoms with Gasteiger partial charge >= 0.3 is 0 Å². The predicted molar refractivity (Wildman–Crippen MR) is 56.7 cm³/mol. The van der Waals surface area contributed by atoms with Crippen LogP contribution in [0.1, 0.15) is 17.2 Å². The Labute approximate surface area is 104 Å². The summed E-state index contributed by atoms with van der Waals surface area (Å²) in [5, 5.41) is 9.79. The summed E-state index contributed by atoms with van der Waals surface area (Å²) < 4.78 is 64.8. The standard InChI is InChI=1S/C13H7F5O/c14-8-2-1-6(3-10(8)16)13(19)7-4-11(17)12(18)5-9(7)15/h1-5,13,19H. The third-order valence-electron chi connectivity index (χ3n) is 2.59. The van der Waals surface area contributed by atoms with E-state index in [9.17, 15) is 27.1 Å². The fourth-order valence-corrected chi connectivity index (χ4v) is 1.61. The maximum Gasteiger partial charge on any atom is 0.161 e. The van der Waals surface area contributed by atoms with Crippen molar-refractivity contribution >= 4 is 0 Å². The van der Waals surface area contributed by atoms with Crippen LogP contribution in [0.3, 0.4) is 0 Å². The van der Waals surface area contributed by atoms with Gasteiger partial charge in [0, 0.05) is 11.6 Å². The third-order valence-corrected chi connectivity index (χ3v) is 2.59. The van der Waals surface area contributed by atoms with Crippen LogP contribution in [0.4, 0.5) is 22.0 Å². The first-order valence-corrected chi connectivity index (χ1v) is 5.17. The van der Waals surface area contributed by atoms with Crippen LogP contribution in [0.15, 0.2) is 30.3 Å². The lowest BCUT2D eigenvalue weighted by Crippen LogP contribution is -2.05. The van der Waals surface area contributed by atoms with Gasteiger partial charge in [-0.15, -0.1) is 0 Å². The fourth-order valence-electron chi connectivity index (χ4n) is 1.61. The summed E-state index contributed by atoms with van der Waals surface area (Å²) in [5.41, 5.74) is -0.742. The quantitative estimate of drug-likeness (QED) is 0.656. The smallest absolute Gasteiger partial charge is 0.161 e. The van der Waals surface area contributed by atoms with Crippen LogP contribution in [0, 0.1) is 29.1 Å². The zero-order chi connectivity index (χ0) is 14.2. The number of rotatable bonds is 2. The number of hydrogen-bond acceptors (Lipinski definition) is 1. The van der Waals surface area contributed by atoms with Gasteiger partial charge in [-0.05, 0) is 23.8 Å². The van der Waals surface area contributed by atoms with E-state index in [0.717, 1.165) is 12.1 Å². The molecule has 0 saturated carbocycles. The van der Waals surface area contributed by atoms with Crippen molar-refractivity contribution in [2.24, 2.45) is 0 Å². The Morgan fingerprint density at radius 2 is 1.26 bits per heavy atom. The minimum atomic E-state index is -1.73. The molecule has 2 rings (SSSR count). The van der Waals surface area contributed by atoms with E-state index >= 15 is 0 Å². The largest absolute Gasteiger partial charge is 0.384 e. The third kappa shape index (κ3) is 2.58. The van der Waals surface area contributed by atoms with Crippen molar-refractivity contribution in [2.75, 3.05) is 0 Å². The molecule has 0 aliphatic carbocycles. The molecule has 0 amide bonds. The molecule has 2 aromatic rings. The number of halogens is 5. The highest BCUT2D eigenvalue weighted by Crippen LogP contribution is 2.27. The van der Waals surface area contributed by atoms with Crippen LogP contribution in [-0.4, -0.2) is 5.11 Å². The summed E-state index contributed by atoms with van der Waals surface area (Å²) in [5.74, 6) is -6.31. The van der Waals surface area contributed by atoms with E-state index in [-0.39, 0.29) is 11.6 Å². The van der Waals surface area contributed by atoms with Crippen molar-refractivity contribution in [1.82, 2.24) is 0 Å². The van der Waals surface area contributed by atoms with Crippen molar-refractivity contribution in [2.45, 2.75) is 6.10 Å². The molecule has 0 heterocycles. The van der Waals surface area contributed by atoms with E-state index in [1.54, 1.807) is 0 Å². The second-order valence-electron chi connectivity index (χ2n) is 3.86. The van der Waals surface area contributed by atoms with Crippen molar-refractivity contribution in [1.29, 1.82) is 0 Å². The van der Waals surface area contributed by atoms with Crippen molar-refractivity contribution in [3.05, 3.63) is 70.5 Å². The molecule has 0 aliphatic heterocycles. The first kappa shape index (κ1) is 13.5. The van der Waals surface area contributed by atoms with Gasteiger partial charge in [-0.3, -0.25) is 0 Å². The van der Waals surface area contributed by atoms with Gasteiger partial charge in [-0.2, -0.15) is 0 Å². The van der Waals surface area contributed by atoms with Gasteiger partial charge in [0.1, 0.15) is 11.9 Å². The van der Waals surface area contributed by atoms with E-state index in [0.29, 0.717) is 12.1 Å². The molecule has 100 valence electrons. The molecule has 0 aromatic heterocycles. The fraction of sp³-hybridized carbons (Fsp3) is 0.0769. The molecule has 2 aromatic carbocycles. The minimum absolute atomic E-state index is 0.177. The van der Waals surface area contributed by atoms with Gasteiger partial charge in [-0.25, -0.2) is 22.0 Å². The lowest BCUT2D eigenvalue weighted by Gasteiger charge is -2.13. The lowest BCUT2D eigenvalue weighted by molar-refractivity contribution is 0.213. The summed E-state index contributed by atoms with van der Waals surface area (Å²) in [4.78, 5) is 0. The average Bonchev–Trinajstić information content (AvgIpc) is 2.36. The topological polar surface area (TPSA) is 20.2 Å². The van der Waals surface area contributed by atoms with Gasteiger partial charge in [0.25, 0.3) is 0 Å². The Morgan fingerprint density at radius 3 is 1.89 bits per heavy atom. The molecule has 19 heavy (non-hydrogen) atoms. The number of aliphatic hydroxyl groups is 1. The summed E-state index contributed by atoms with van der Waals surface area (Å²) >= 11 is 0. The molecule has 6 heteroatoms. The highest BCUT2D eigenvalue weighted by molar-refractivity contribution is 5.32. The molecule has 0 spiro atoms. The van der Waals surface area contributed by atoms with Crippen LogP contribution in [-0.2, 0) is 0 Å². The Kier molecular flexibility index (Phi) is 3.53. The Bertz CT molecular complexity index is 627. The number of hydrogen-bond donors (Lipinski definition) is 1. The molecule has 0 saturated heterocycles. The summed E-state index contributed by atoms with van der Waals surface area (Å²) in [7, 11) is 0. The van der Waals surface area contributed by atoms with E-state index in [1.807, 2.05) is 0 Å². The second-order valence-corrected chi connectivity index (χ2v) is 3.86. The zero-order valence-electron chi connectivity index (χ0n) is 9.30. The molecular weight excluding hydrogens is 267 g/mol. The van der Waals surface area contributed by atoms with E-state index in [1.165, 1.54) is 0 Å².